The van der Waals surface area contributed by atoms with Crippen LogP contribution in [0.25, 0.3) is 0 Å². The molecule has 0 bridgehead atoms. The number of hydrogen-bond acceptors (Lipinski definition) is 4. The van der Waals surface area contributed by atoms with Crippen LogP contribution in [0, 0.1) is 0 Å². The Bertz CT molecular complexity index is 564. The molecule has 2 heterocycles. The van der Waals surface area contributed by atoms with Crippen molar-refractivity contribution >= 4 is 17.5 Å². The van der Waals surface area contributed by atoms with Crippen molar-refractivity contribution in [2.45, 2.75) is 18.4 Å². The van der Waals surface area contributed by atoms with Gasteiger partial charge in [0.1, 0.15) is 5.60 Å². The predicted molar refractivity (Wildman–Crippen MR) is 71.5 cm³/mol. The van der Waals surface area contributed by atoms with E-state index < -0.39 is 5.60 Å². The smallest absolute Gasteiger partial charge is 0.251 e. The van der Waals surface area contributed by atoms with Crippen molar-refractivity contribution in [3.05, 3.63) is 29.3 Å². The van der Waals surface area contributed by atoms with Crippen molar-refractivity contribution in [1.29, 1.82) is 0 Å². The number of anilines is 1. The first kappa shape index (κ1) is 13.1. The number of aliphatic hydroxyl groups is 1. The van der Waals surface area contributed by atoms with Crippen molar-refractivity contribution in [2.24, 2.45) is 0 Å². The van der Waals surface area contributed by atoms with Crippen molar-refractivity contribution in [3.63, 3.8) is 0 Å². The number of fused-ring (bicyclic) bond motifs is 1. The van der Waals surface area contributed by atoms with E-state index in [9.17, 15) is 14.7 Å². The van der Waals surface area contributed by atoms with Gasteiger partial charge in [0.25, 0.3) is 5.91 Å². The van der Waals surface area contributed by atoms with Crippen molar-refractivity contribution in [3.8, 4) is 0 Å². The fourth-order valence-electron chi connectivity index (χ4n) is 2.44. The van der Waals surface area contributed by atoms with Crippen LogP contribution >= 0.6 is 0 Å². The molecule has 6 heteroatoms. The van der Waals surface area contributed by atoms with E-state index in [1.165, 1.54) is 0 Å². The SMILES string of the molecule is O=C1Cc2ccc(C(=O)NCC3(O)CCOC3)cc2N1. The summed E-state index contributed by atoms with van der Waals surface area (Å²) in [7, 11) is 0. The second-order valence-corrected chi connectivity index (χ2v) is 5.31. The molecule has 1 unspecified atom stereocenters. The van der Waals surface area contributed by atoms with Gasteiger partial charge in [0.15, 0.2) is 0 Å². The molecular formula is C14H16N2O4. The third kappa shape index (κ3) is 2.52. The lowest BCUT2D eigenvalue weighted by molar-refractivity contribution is -0.115. The Morgan fingerprint density at radius 2 is 2.35 bits per heavy atom. The largest absolute Gasteiger partial charge is 0.386 e. The highest BCUT2D eigenvalue weighted by Gasteiger charge is 2.32. The number of carbonyl (C=O) groups is 2. The molecule has 1 aromatic rings. The molecule has 0 saturated carbocycles. The second-order valence-electron chi connectivity index (χ2n) is 5.31. The van der Waals surface area contributed by atoms with E-state index >= 15 is 0 Å². The molecule has 0 radical (unpaired) electrons. The highest BCUT2D eigenvalue weighted by atomic mass is 16.5. The molecule has 106 valence electrons. The quantitative estimate of drug-likeness (QED) is 0.728. The molecule has 0 spiro atoms. The Morgan fingerprint density at radius 1 is 1.50 bits per heavy atom. The molecule has 0 aromatic heterocycles. The average molecular weight is 276 g/mol. The van der Waals surface area contributed by atoms with Crippen LogP contribution in [0.4, 0.5) is 5.69 Å². The lowest BCUT2D eigenvalue weighted by Crippen LogP contribution is -2.43. The van der Waals surface area contributed by atoms with Gasteiger partial charge < -0.3 is 20.5 Å². The third-order valence-electron chi connectivity index (χ3n) is 3.66. The summed E-state index contributed by atoms with van der Waals surface area (Å²) in [6.07, 6.45) is 0.877. The third-order valence-corrected chi connectivity index (χ3v) is 3.66. The van der Waals surface area contributed by atoms with Crippen LogP contribution in [-0.4, -0.2) is 42.3 Å². The molecule has 1 saturated heterocycles. The van der Waals surface area contributed by atoms with Gasteiger partial charge in [0, 0.05) is 30.8 Å². The summed E-state index contributed by atoms with van der Waals surface area (Å²) >= 11 is 0. The molecular weight excluding hydrogens is 260 g/mol. The topological polar surface area (TPSA) is 87.7 Å². The molecule has 6 nitrogen and oxygen atoms in total. The van der Waals surface area contributed by atoms with Gasteiger partial charge in [-0.25, -0.2) is 0 Å². The number of nitrogens with one attached hydrogen (secondary N) is 2. The van der Waals surface area contributed by atoms with E-state index in [1.807, 2.05) is 0 Å². The molecule has 1 fully saturated rings. The van der Waals surface area contributed by atoms with Gasteiger partial charge in [0.05, 0.1) is 13.0 Å². The fourth-order valence-corrected chi connectivity index (χ4v) is 2.44. The Morgan fingerprint density at radius 3 is 3.10 bits per heavy atom. The normalized spacial score (nSPS) is 24.4. The van der Waals surface area contributed by atoms with Crippen LogP contribution in [0.5, 0.6) is 0 Å². The van der Waals surface area contributed by atoms with Crippen molar-refractivity contribution in [2.75, 3.05) is 25.1 Å². The summed E-state index contributed by atoms with van der Waals surface area (Å²) in [6, 6.07) is 5.12. The van der Waals surface area contributed by atoms with E-state index in [-0.39, 0.29) is 25.0 Å². The summed E-state index contributed by atoms with van der Waals surface area (Å²) in [5, 5.41) is 15.5. The number of hydrogen-bond donors (Lipinski definition) is 3. The Hall–Kier alpha value is -1.92. The lowest BCUT2D eigenvalue weighted by Gasteiger charge is -2.20. The maximum Gasteiger partial charge on any atom is 0.251 e. The van der Waals surface area contributed by atoms with E-state index in [0.29, 0.717) is 30.7 Å². The minimum atomic E-state index is -0.972. The number of ether oxygens (including phenoxy) is 1. The summed E-state index contributed by atoms with van der Waals surface area (Å²) in [4.78, 5) is 23.3. The van der Waals surface area contributed by atoms with Crippen LogP contribution in [0.1, 0.15) is 22.3 Å². The zero-order valence-electron chi connectivity index (χ0n) is 10.9. The zero-order chi connectivity index (χ0) is 14.2. The van der Waals surface area contributed by atoms with Crippen LogP contribution in [0.15, 0.2) is 18.2 Å². The molecule has 3 N–H and O–H groups in total. The summed E-state index contributed by atoms with van der Waals surface area (Å²) in [6.45, 7) is 0.917. The minimum Gasteiger partial charge on any atom is -0.386 e. The first-order valence-electron chi connectivity index (χ1n) is 6.57. The Balaban J connectivity index is 1.66. The van der Waals surface area contributed by atoms with Gasteiger partial charge in [-0.2, -0.15) is 0 Å². The molecule has 1 atom stereocenters. The summed E-state index contributed by atoms with van der Waals surface area (Å²) < 4.78 is 5.12. The van der Waals surface area contributed by atoms with Gasteiger partial charge in [-0.05, 0) is 17.7 Å². The first-order chi connectivity index (χ1) is 9.56. The monoisotopic (exact) mass is 276 g/mol. The number of benzene rings is 1. The standard InChI is InChI=1S/C14H16N2O4/c17-12-6-9-1-2-10(5-11(9)16-12)13(18)15-7-14(19)3-4-20-8-14/h1-2,5,19H,3-4,6-8H2,(H,15,18)(H,16,17). The maximum absolute atomic E-state index is 12.0. The molecule has 0 aliphatic carbocycles. The highest BCUT2D eigenvalue weighted by Crippen LogP contribution is 2.24. The van der Waals surface area contributed by atoms with Gasteiger partial charge in [-0.15, -0.1) is 0 Å². The predicted octanol–water partition coefficient (Wildman–Crippen LogP) is 0.0624. The number of amides is 2. The first-order valence-corrected chi connectivity index (χ1v) is 6.57. The van der Waals surface area contributed by atoms with Gasteiger partial charge in [-0.1, -0.05) is 6.07 Å². The van der Waals surface area contributed by atoms with Crippen LogP contribution in [0.2, 0.25) is 0 Å². The highest BCUT2D eigenvalue weighted by molar-refractivity contribution is 6.02. The van der Waals surface area contributed by atoms with Gasteiger partial charge in [0.2, 0.25) is 5.91 Å². The van der Waals surface area contributed by atoms with Gasteiger partial charge in [-0.3, -0.25) is 9.59 Å². The molecule has 2 aliphatic rings. The second kappa shape index (κ2) is 4.88. The zero-order valence-corrected chi connectivity index (χ0v) is 10.9. The molecule has 2 amide bonds. The molecule has 3 rings (SSSR count). The fraction of sp³-hybridized carbons (Fsp3) is 0.429. The van der Waals surface area contributed by atoms with Gasteiger partial charge >= 0.3 is 0 Å². The average Bonchev–Trinajstić information content (AvgIpc) is 3.00. The van der Waals surface area contributed by atoms with Crippen molar-refractivity contribution < 1.29 is 19.4 Å². The summed E-state index contributed by atoms with van der Waals surface area (Å²) in [5.74, 6) is -0.329. The van der Waals surface area contributed by atoms with Crippen molar-refractivity contribution in [1.82, 2.24) is 5.32 Å². The molecule has 2 aliphatic heterocycles. The molecule has 1 aromatic carbocycles. The lowest BCUT2D eigenvalue weighted by atomic mass is 10.0. The van der Waals surface area contributed by atoms with E-state index in [0.717, 1.165) is 5.56 Å². The Labute approximate surface area is 116 Å². The minimum absolute atomic E-state index is 0.0602. The number of carbonyl (C=O) groups excluding carboxylic acids is 2. The maximum atomic E-state index is 12.0. The summed E-state index contributed by atoms with van der Waals surface area (Å²) in [5.41, 5.74) is 1.08. The number of rotatable bonds is 3. The van der Waals surface area contributed by atoms with E-state index in [4.69, 9.17) is 4.74 Å². The van der Waals surface area contributed by atoms with E-state index in [2.05, 4.69) is 10.6 Å². The van der Waals surface area contributed by atoms with Crippen LogP contribution in [-0.2, 0) is 16.0 Å². The van der Waals surface area contributed by atoms with E-state index in [1.54, 1.807) is 18.2 Å². The molecule has 20 heavy (non-hydrogen) atoms. The van der Waals surface area contributed by atoms with Crippen LogP contribution in [0.3, 0.4) is 0 Å². The Kier molecular flexibility index (Phi) is 3.19. The van der Waals surface area contributed by atoms with Crippen LogP contribution < -0.4 is 10.6 Å².